The number of methoxy groups -OCH3 is 2. The molecule has 2 aromatic heterocycles. The average molecular weight is 263 g/mol. The second-order valence-corrected chi connectivity index (χ2v) is 4.58. The topological polar surface area (TPSA) is 48.4 Å². The van der Waals surface area contributed by atoms with E-state index in [1.54, 1.807) is 19.4 Å². The SMILES string of the molecule is COC(=O)c1scc(C)c1-c1ccc(OC)nc1. The van der Waals surface area contributed by atoms with Crippen LogP contribution in [0.5, 0.6) is 5.88 Å². The van der Waals surface area contributed by atoms with E-state index in [0.717, 1.165) is 16.7 Å². The highest BCUT2D eigenvalue weighted by atomic mass is 32.1. The average Bonchev–Trinajstić information content (AvgIpc) is 2.80. The molecule has 0 aliphatic heterocycles. The number of nitrogens with zero attached hydrogens (tertiary/aromatic N) is 1. The van der Waals surface area contributed by atoms with Crippen LogP contribution in [-0.2, 0) is 4.74 Å². The fraction of sp³-hybridized carbons (Fsp3) is 0.231. The normalized spacial score (nSPS) is 10.2. The summed E-state index contributed by atoms with van der Waals surface area (Å²) in [6.07, 6.45) is 1.69. The minimum Gasteiger partial charge on any atom is -0.481 e. The van der Waals surface area contributed by atoms with E-state index >= 15 is 0 Å². The van der Waals surface area contributed by atoms with E-state index in [2.05, 4.69) is 4.98 Å². The minimum absolute atomic E-state index is 0.320. The number of carbonyl (C=O) groups is 1. The number of ether oxygens (including phenoxy) is 2. The number of pyridine rings is 1. The first-order valence-electron chi connectivity index (χ1n) is 5.34. The molecule has 0 atom stereocenters. The van der Waals surface area contributed by atoms with Crippen molar-refractivity contribution < 1.29 is 14.3 Å². The summed E-state index contributed by atoms with van der Waals surface area (Å²) in [4.78, 5) is 16.4. The molecular formula is C13H13NO3S. The number of aromatic nitrogens is 1. The predicted octanol–water partition coefficient (Wildman–Crippen LogP) is 2.91. The molecular weight excluding hydrogens is 250 g/mol. The molecule has 0 N–H and O–H groups in total. The molecule has 4 nitrogen and oxygen atoms in total. The maximum atomic E-state index is 11.7. The van der Waals surface area contributed by atoms with Gasteiger partial charge in [-0.25, -0.2) is 9.78 Å². The van der Waals surface area contributed by atoms with Crippen LogP contribution in [0.1, 0.15) is 15.2 Å². The Labute approximate surface area is 109 Å². The molecule has 2 rings (SSSR count). The summed E-state index contributed by atoms with van der Waals surface area (Å²) >= 11 is 1.38. The fourth-order valence-corrected chi connectivity index (χ4v) is 2.68. The van der Waals surface area contributed by atoms with Crippen molar-refractivity contribution in [2.75, 3.05) is 14.2 Å². The molecule has 0 saturated carbocycles. The highest BCUT2D eigenvalue weighted by Crippen LogP contribution is 2.33. The summed E-state index contributed by atoms with van der Waals surface area (Å²) in [6, 6.07) is 3.65. The highest BCUT2D eigenvalue weighted by Gasteiger charge is 2.18. The molecule has 0 aliphatic rings. The monoisotopic (exact) mass is 263 g/mol. The van der Waals surface area contributed by atoms with Crippen LogP contribution >= 0.6 is 11.3 Å². The van der Waals surface area contributed by atoms with E-state index < -0.39 is 0 Å². The van der Waals surface area contributed by atoms with Gasteiger partial charge in [0, 0.05) is 23.4 Å². The summed E-state index contributed by atoms with van der Waals surface area (Å²) in [5, 5.41) is 1.94. The van der Waals surface area contributed by atoms with Crippen LogP contribution < -0.4 is 4.74 Å². The number of rotatable bonds is 3. The quantitative estimate of drug-likeness (QED) is 0.799. The second-order valence-electron chi connectivity index (χ2n) is 3.70. The number of carbonyl (C=O) groups excluding carboxylic acids is 1. The Hall–Kier alpha value is -1.88. The van der Waals surface area contributed by atoms with Gasteiger partial charge in [0.2, 0.25) is 5.88 Å². The maximum Gasteiger partial charge on any atom is 0.348 e. The molecule has 0 amide bonds. The number of thiophene rings is 1. The third-order valence-electron chi connectivity index (χ3n) is 2.58. The number of esters is 1. The largest absolute Gasteiger partial charge is 0.481 e. The lowest BCUT2D eigenvalue weighted by Gasteiger charge is -2.05. The molecule has 0 bridgehead atoms. The molecule has 0 aromatic carbocycles. The Morgan fingerprint density at radius 2 is 2.11 bits per heavy atom. The zero-order valence-corrected chi connectivity index (χ0v) is 11.2. The van der Waals surface area contributed by atoms with Gasteiger partial charge >= 0.3 is 5.97 Å². The Morgan fingerprint density at radius 1 is 1.33 bits per heavy atom. The second kappa shape index (κ2) is 5.18. The number of hydrogen-bond donors (Lipinski definition) is 0. The summed E-state index contributed by atoms with van der Waals surface area (Å²) in [7, 11) is 2.95. The van der Waals surface area contributed by atoms with Gasteiger partial charge in [0.05, 0.1) is 14.2 Å². The van der Waals surface area contributed by atoms with Crippen molar-refractivity contribution in [2.24, 2.45) is 0 Å². The molecule has 0 saturated heterocycles. The zero-order chi connectivity index (χ0) is 13.1. The van der Waals surface area contributed by atoms with Crippen LogP contribution in [0.25, 0.3) is 11.1 Å². The molecule has 2 heterocycles. The van der Waals surface area contributed by atoms with Gasteiger partial charge in [-0.15, -0.1) is 11.3 Å². The van der Waals surface area contributed by atoms with Gasteiger partial charge in [-0.2, -0.15) is 0 Å². The first-order valence-corrected chi connectivity index (χ1v) is 6.22. The van der Waals surface area contributed by atoms with Crippen LogP contribution in [0.3, 0.4) is 0 Å². The van der Waals surface area contributed by atoms with Gasteiger partial charge in [-0.3, -0.25) is 0 Å². The predicted molar refractivity (Wildman–Crippen MR) is 70.2 cm³/mol. The summed E-state index contributed by atoms with van der Waals surface area (Å²) < 4.78 is 9.80. The van der Waals surface area contributed by atoms with E-state index in [9.17, 15) is 4.79 Å². The summed E-state index contributed by atoms with van der Waals surface area (Å²) in [5.74, 6) is 0.227. The van der Waals surface area contributed by atoms with Crippen LogP contribution in [0, 0.1) is 6.92 Å². The molecule has 94 valence electrons. The van der Waals surface area contributed by atoms with Crippen molar-refractivity contribution in [1.82, 2.24) is 4.98 Å². The van der Waals surface area contributed by atoms with E-state index in [0.29, 0.717) is 10.8 Å². The van der Waals surface area contributed by atoms with Gasteiger partial charge in [-0.05, 0) is 23.9 Å². The maximum absolute atomic E-state index is 11.7. The van der Waals surface area contributed by atoms with E-state index in [-0.39, 0.29) is 5.97 Å². The Morgan fingerprint density at radius 3 is 2.67 bits per heavy atom. The van der Waals surface area contributed by atoms with Gasteiger partial charge < -0.3 is 9.47 Å². The van der Waals surface area contributed by atoms with Crippen molar-refractivity contribution in [3.63, 3.8) is 0 Å². The lowest BCUT2D eigenvalue weighted by Crippen LogP contribution is -2.00. The van der Waals surface area contributed by atoms with Gasteiger partial charge in [0.1, 0.15) is 4.88 Å². The number of hydrogen-bond acceptors (Lipinski definition) is 5. The minimum atomic E-state index is -0.320. The lowest BCUT2D eigenvalue weighted by molar-refractivity contribution is 0.0607. The van der Waals surface area contributed by atoms with Crippen LogP contribution in [-0.4, -0.2) is 25.2 Å². The third kappa shape index (κ3) is 2.22. The molecule has 0 radical (unpaired) electrons. The lowest BCUT2D eigenvalue weighted by atomic mass is 10.0. The smallest absolute Gasteiger partial charge is 0.348 e. The van der Waals surface area contributed by atoms with Crippen molar-refractivity contribution >= 4 is 17.3 Å². The van der Waals surface area contributed by atoms with Crippen molar-refractivity contribution in [1.29, 1.82) is 0 Å². The fourth-order valence-electron chi connectivity index (χ4n) is 1.69. The standard InChI is InChI=1S/C13H13NO3S/c1-8-7-18-12(13(15)17-3)11(8)9-4-5-10(16-2)14-6-9/h4-7H,1-3H3. The molecule has 2 aromatic rings. The van der Waals surface area contributed by atoms with E-state index in [1.165, 1.54) is 18.4 Å². The van der Waals surface area contributed by atoms with Crippen molar-refractivity contribution in [2.45, 2.75) is 6.92 Å². The van der Waals surface area contributed by atoms with Crippen LogP contribution in [0.4, 0.5) is 0 Å². The third-order valence-corrected chi connectivity index (χ3v) is 3.66. The Balaban J connectivity index is 2.48. The molecule has 0 unspecified atom stereocenters. The zero-order valence-electron chi connectivity index (χ0n) is 10.4. The molecule has 0 spiro atoms. The van der Waals surface area contributed by atoms with Crippen molar-refractivity contribution in [3.8, 4) is 17.0 Å². The molecule has 0 aliphatic carbocycles. The van der Waals surface area contributed by atoms with Crippen molar-refractivity contribution in [3.05, 3.63) is 34.2 Å². The highest BCUT2D eigenvalue weighted by molar-refractivity contribution is 7.12. The molecule has 18 heavy (non-hydrogen) atoms. The van der Waals surface area contributed by atoms with Gasteiger partial charge in [0.15, 0.2) is 0 Å². The van der Waals surface area contributed by atoms with E-state index in [4.69, 9.17) is 9.47 Å². The Bertz CT molecular complexity index is 560. The summed E-state index contributed by atoms with van der Waals surface area (Å²) in [5.41, 5.74) is 2.80. The first kappa shape index (κ1) is 12.6. The van der Waals surface area contributed by atoms with Crippen LogP contribution in [0.15, 0.2) is 23.7 Å². The molecule has 5 heteroatoms. The number of aryl methyl sites for hydroxylation is 1. The molecule has 0 fully saturated rings. The van der Waals surface area contributed by atoms with Gasteiger partial charge in [-0.1, -0.05) is 0 Å². The first-order chi connectivity index (χ1) is 8.67. The van der Waals surface area contributed by atoms with Gasteiger partial charge in [0.25, 0.3) is 0 Å². The summed E-state index contributed by atoms with van der Waals surface area (Å²) in [6.45, 7) is 1.96. The van der Waals surface area contributed by atoms with E-state index in [1.807, 2.05) is 18.4 Å². The Kier molecular flexibility index (Phi) is 3.62. The van der Waals surface area contributed by atoms with Crippen LogP contribution in [0.2, 0.25) is 0 Å².